The molecule has 0 radical (unpaired) electrons. The third kappa shape index (κ3) is 2.58. The van der Waals surface area contributed by atoms with Crippen molar-refractivity contribution in [3.8, 4) is 28.2 Å². The molecule has 0 saturated heterocycles. The Morgan fingerprint density at radius 2 is 0.893 bits per heavy atom. The average molecular weight is 360 g/mol. The second kappa shape index (κ2) is 6.75. The van der Waals surface area contributed by atoms with Crippen molar-refractivity contribution >= 4 is 16.5 Å². The van der Waals surface area contributed by atoms with Crippen LogP contribution in [-0.4, -0.2) is 4.57 Å². The van der Waals surface area contributed by atoms with Crippen LogP contribution >= 0.6 is 0 Å². The van der Waals surface area contributed by atoms with Crippen LogP contribution in [0.1, 0.15) is 0 Å². The van der Waals surface area contributed by atoms with Gasteiger partial charge in [-0.15, -0.1) is 0 Å². The van der Waals surface area contributed by atoms with Crippen LogP contribution in [-0.2, 0) is 0 Å². The maximum atomic E-state index is 6.45. The summed E-state index contributed by atoms with van der Waals surface area (Å²) in [5.74, 6) is 0. The zero-order chi connectivity index (χ0) is 18.9. The highest BCUT2D eigenvalue weighted by molar-refractivity contribution is 6.06. The number of anilines is 1. The lowest BCUT2D eigenvalue weighted by Crippen LogP contribution is -2.03. The molecule has 2 heteroatoms. The van der Waals surface area contributed by atoms with E-state index in [1.165, 1.54) is 21.9 Å². The zero-order valence-corrected chi connectivity index (χ0v) is 15.4. The van der Waals surface area contributed by atoms with E-state index in [9.17, 15) is 0 Å². The molecule has 0 aliphatic rings. The number of aromatic nitrogens is 1. The molecule has 0 fully saturated rings. The Balaban J connectivity index is 1.99. The third-order valence-corrected chi connectivity index (χ3v) is 5.16. The van der Waals surface area contributed by atoms with Crippen molar-refractivity contribution in [1.82, 2.24) is 4.57 Å². The summed E-state index contributed by atoms with van der Waals surface area (Å²) in [5.41, 5.74) is 12.9. The number of nitrogen functional groups attached to an aromatic ring is 1. The second-order valence-corrected chi connectivity index (χ2v) is 6.87. The molecular weight excluding hydrogens is 340 g/mol. The molecule has 134 valence electrons. The Hall–Kier alpha value is -3.78. The normalized spacial score (nSPS) is 11.0. The van der Waals surface area contributed by atoms with Gasteiger partial charge in [-0.2, -0.15) is 0 Å². The van der Waals surface area contributed by atoms with E-state index in [4.69, 9.17) is 5.73 Å². The van der Waals surface area contributed by atoms with E-state index >= 15 is 0 Å². The summed E-state index contributed by atoms with van der Waals surface area (Å²) in [6.07, 6.45) is 0. The van der Waals surface area contributed by atoms with Crippen molar-refractivity contribution in [2.24, 2.45) is 0 Å². The molecule has 0 aliphatic heterocycles. The SMILES string of the molecule is Nc1ccccc1-n1c(-c2ccccc2)c2ccccc2c1-c1ccccc1. The maximum Gasteiger partial charge on any atom is 0.0692 e. The summed E-state index contributed by atoms with van der Waals surface area (Å²) < 4.78 is 2.31. The summed E-state index contributed by atoms with van der Waals surface area (Å²) in [6.45, 7) is 0. The van der Waals surface area contributed by atoms with Gasteiger partial charge in [-0.05, 0) is 23.3 Å². The molecule has 0 atom stereocenters. The highest BCUT2D eigenvalue weighted by atomic mass is 15.0. The van der Waals surface area contributed by atoms with Crippen LogP contribution in [0.15, 0.2) is 109 Å². The Morgan fingerprint density at radius 1 is 0.464 bits per heavy atom. The standard InChI is InChI=1S/C26H20N2/c27-23-17-9-10-18-24(23)28-25(19-11-3-1-4-12-19)21-15-7-8-16-22(21)26(28)20-13-5-2-6-14-20/h1-18H,27H2. The fourth-order valence-corrected chi connectivity index (χ4v) is 3.94. The predicted octanol–water partition coefficient (Wildman–Crippen LogP) is 6.55. The lowest BCUT2D eigenvalue weighted by molar-refractivity contribution is 1.10. The molecule has 0 bridgehead atoms. The van der Waals surface area contributed by atoms with Crippen LogP contribution in [0.2, 0.25) is 0 Å². The Morgan fingerprint density at radius 3 is 1.39 bits per heavy atom. The molecule has 1 heterocycles. The number of fused-ring (bicyclic) bond motifs is 1. The Bertz CT molecular complexity index is 1180. The van der Waals surface area contributed by atoms with E-state index in [0.29, 0.717) is 0 Å². The topological polar surface area (TPSA) is 30.9 Å². The van der Waals surface area contributed by atoms with Crippen molar-refractivity contribution in [3.05, 3.63) is 109 Å². The van der Waals surface area contributed by atoms with Gasteiger partial charge in [0.1, 0.15) is 0 Å². The van der Waals surface area contributed by atoms with Crippen LogP contribution < -0.4 is 5.73 Å². The van der Waals surface area contributed by atoms with Crippen molar-refractivity contribution in [2.45, 2.75) is 0 Å². The molecule has 2 N–H and O–H groups in total. The molecular formula is C26H20N2. The average Bonchev–Trinajstić information content (AvgIpc) is 3.10. The van der Waals surface area contributed by atoms with Crippen molar-refractivity contribution in [3.63, 3.8) is 0 Å². The van der Waals surface area contributed by atoms with Gasteiger partial charge in [0.2, 0.25) is 0 Å². The first-order valence-electron chi connectivity index (χ1n) is 9.44. The van der Waals surface area contributed by atoms with E-state index in [0.717, 1.165) is 22.8 Å². The minimum Gasteiger partial charge on any atom is -0.397 e. The molecule has 4 aromatic carbocycles. The van der Waals surface area contributed by atoms with Gasteiger partial charge < -0.3 is 10.3 Å². The summed E-state index contributed by atoms with van der Waals surface area (Å²) in [4.78, 5) is 0. The molecule has 1 aromatic heterocycles. The van der Waals surface area contributed by atoms with E-state index in [1.54, 1.807) is 0 Å². The monoisotopic (exact) mass is 360 g/mol. The van der Waals surface area contributed by atoms with Gasteiger partial charge in [0.05, 0.1) is 22.8 Å². The number of hydrogen-bond acceptors (Lipinski definition) is 1. The summed E-state index contributed by atoms with van der Waals surface area (Å²) in [5, 5.41) is 2.44. The largest absolute Gasteiger partial charge is 0.397 e. The number of rotatable bonds is 3. The summed E-state index contributed by atoms with van der Waals surface area (Å²) in [7, 11) is 0. The van der Waals surface area contributed by atoms with Gasteiger partial charge in [0.25, 0.3) is 0 Å². The van der Waals surface area contributed by atoms with Gasteiger partial charge in [0.15, 0.2) is 0 Å². The predicted molar refractivity (Wildman–Crippen MR) is 119 cm³/mol. The van der Waals surface area contributed by atoms with Gasteiger partial charge >= 0.3 is 0 Å². The molecule has 0 spiro atoms. The first kappa shape index (κ1) is 16.4. The maximum absolute atomic E-state index is 6.45. The molecule has 0 unspecified atom stereocenters. The molecule has 28 heavy (non-hydrogen) atoms. The second-order valence-electron chi connectivity index (χ2n) is 6.87. The van der Waals surface area contributed by atoms with E-state index < -0.39 is 0 Å². The van der Waals surface area contributed by atoms with E-state index in [2.05, 4.69) is 83.4 Å². The minimum atomic E-state index is 0.761. The van der Waals surface area contributed by atoms with E-state index in [1.807, 2.05) is 30.3 Å². The Kier molecular flexibility index (Phi) is 3.95. The molecule has 2 nitrogen and oxygen atoms in total. The summed E-state index contributed by atoms with van der Waals surface area (Å²) >= 11 is 0. The highest BCUT2D eigenvalue weighted by Crippen LogP contribution is 2.42. The van der Waals surface area contributed by atoms with Gasteiger partial charge in [0, 0.05) is 10.8 Å². The van der Waals surface area contributed by atoms with Crippen LogP contribution in [0.5, 0.6) is 0 Å². The van der Waals surface area contributed by atoms with Crippen LogP contribution in [0.4, 0.5) is 5.69 Å². The molecule has 0 aliphatic carbocycles. The van der Waals surface area contributed by atoms with Gasteiger partial charge in [-0.3, -0.25) is 0 Å². The number of nitrogens with two attached hydrogens (primary N) is 1. The van der Waals surface area contributed by atoms with Gasteiger partial charge in [-0.1, -0.05) is 97.1 Å². The number of hydrogen-bond donors (Lipinski definition) is 1. The number of benzene rings is 4. The van der Waals surface area contributed by atoms with Crippen LogP contribution in [0, 0.1) is 0 Å². The molecule has 5 aromatic rings. The Labute approximate surface area is 164 Å². The van der Waals surface area contributed by atoms with E-state index in [-0.39, 0.29) is 0 Å². The molecule has 0 saturated carbocycles. The van der Waals surface area contributed by atoms with Crippen LogP contribution in [0.25, 0.3) is 39.0 Å². The minimum absolute atomic E-state index is 0.761. The van der Waals surface area contributed by atoms with Crippen molar-refractivity contribution in [1.29, 1.82) is 0 Å². The molecule has 5 rings (SSSR count). The number of nitrogens with zero attached hydrogens (tertiary/aromatic N) is 1. The van der Waals surface area contributed by atoms with Crippen molar-refractivity contribution < 1.29 is 0 Å². The lowest BCUT2D eigenvalue weighted by Gasteiger charge is -2.16. The highest BCUT2D eigenvalue weighted by Gasteiger charge is 2.21. The smallest absolute Gasteiger partial charge is 0.0692 e. The third-order valence-electron chi connectivity index (χ3n) is 5.16. The fourth-order valence-electron chi connectivity index (χ4n) is 3.94. The summed E-state index contributed by atoms with van der Waals surface area (Å²) in [6, 6.07) is 37.7. The molecule has 0 amide bonds. The first-order chi connectivity index (χ1) is 13.8. The zero-order valence-electron chi connectivity index (χ0n) is 15.4. The lowest BCUT2D eigenvalue weighted by atomic mass is 10.0. The van der Waals surface area contributed by atoms with Gasteiger partial charge in [-0.25, -0.2) is 0 Å². The fraction of sp³-hybridized carbons (Fsp3) is 0. The quantitative estimate of drug-likeness (QED) is 0.364. The van der Waals surface area contributed by atoms with Crippen molar-refractivity contribution in [2.75, 3.05) is 5.73 Å². The van der Waals surface area contributed by atoms with Crippen LogP contribution in [0.3, 0.4) is 0 Å². The first-order valence-corrected chi connectivity index (χ1v) is 9.44. The number of para-hydroxylation sites is 2.